The van der Waals surface area contributed by atoms with Crippen molar-refractivity contribution < 1.29 is 28.9 Å². The molecule has 3 aromatic carbocycles. The fourth-order valence-electron chi connectivity index (χ4n) is 4.58. The molecule has 4 aromatic rings. The van der Waals surface area contributed by atoms with Crippen molar-refractivity contribution in [2.45, 2.75) is 26.5 Å². The summed E-state index contributed by atoms with van der Waals surface area (Å²) >= 11 is 1.18. The van der Waals surface area contributed by atoms with E-state index in [4.69, 9.17) is 14.2 Å². The zero-order valence-corrected chi connectivity index (χ0v) is 23.2. The summed E-state index contributed by atoms with van der Waals surface area (Å²) in [4.78, 5) is 28.0. The minimum Gasteiger partial charge on any atom is -0.507 e. The summed E-state index contributed by atoms with van der Waals surface area (Å²) in [7, 11) is 3.01. The molecule has 0 spiro atoms. The molecule has 0 aliphatic carbocycles. The first-order chi connectivity index (χ1) is 19.3. The molecule has 0 saturated carbocycles. The van der Waals surface area contributed by atoms with E-state index >= 15 is 0 Å². The van der Waals surface area contributed by atoms with Crippen molar-refractivity contribution in [2.24, 2.45) is 0 Å². The highest BCUT2D eigenvalue weighted by Gasteiger charge is 2.48. The molecule has 1 aliphatic heterocycles. The van der Waals surface area contributed by atoms with Gasteiger partial charge in [-0.1, -0.05) is 47.2 Å². The van der Waals surface area contributed by atoms with E-state index in [9.17, 15) is 14.7 Å². The first kappa shape index (κ1) is 26.9. The molecular formula is C30H27N3O6S. The summed E-state index contributed by atoms with van der Waals surface area (Å²) in [5.41, 5.74) is 3.00. The first-order valence-electron chi connectivity index (χ1n) is 12.4. The zero-order valence-electron chi connectivity index (χ0n) is 22.4. The van der Waals surface area contributed by atoms with E-state index < -0.39 is 17.7 Å². The number of aromatic nitrogens is 2. The van der Waals surface area contributed by atoms with Crippen molar-refractivity contribution in [1.29, 1.82) is 0 Å². The van der Waals surface area contributed by atoms with Crippen LogP contribution in [0.4, 0.5) is 5.13 Å². The Kier molecular flexibility index (Phi) is 7.52. The van der Waals surface area contributed by atoms with Crippen molar-refractivity contribution in [3.05, 3.63) is 99.6 Å². The van der Waals surface area contributed by atoms with Crippen LogP contribution in [-0.4, -0.2) is 41.2 Å². The fraction of sp³-hybridized carbons (Fsp3) is 0.200. The number of amides is 1. The maximum atomic E-state index is 13.4. The number of anilines is 1. The van der Waals surface area contributed by atoms with Crippen LogP contribution in [0.1, 0.15) is 33.3 Å². The smallest absolute Gasteiger partial charge is 0.301 e. The van der Waals surface area contributed by atoms with Crippen LogP contribution in [0.15, 0.2) is 72.3 Å². The number of aliphatic hydroxyl groups is 1. The summed E-state index contributed by atoms with van der Waals surface area (Å²) in [6.45, 7) is 4.16. The van der Waals surface area contributed by atoms with E-state index in [0.29, 0.717) is 40.0 Å². The summed E-state index contributed by atoms with van der Waals surface area (Å²) in [6.07, 6.45) is 0. The Morgan fingerprint density at radius 2 is 1.70 bits per heavy atom. The van der Waals surface area contributed by atoms with Gasteiger partial charge in [0.25, 0.3) is 5.78 Å². The molecule has 10 heteroatoms. The number of ketones is 1. The number of ether oxygens (including phenoxy) is 3. The highest BCUT2D eigenvalue weighted by atomic mass is 32.1. The predicted molar refractivity (Wildman–Crippen MR) is 151 cm³/mol. The van der Waals surface area contributed by atoms with Gasteiger partial charge in [0.2, 0.25) is 5.13 Å². The third-order valence-electron chi connectivity index (χ3n) is 6.50. The Balaban J connectivity index is 1.53. The van der Waals surface area contributed by atoms with Crippen LogP contribution in [-0.2, 0) is 16.2 Å². The van der Waals surface area contributed by atoms with Gasteiger partial charge in [0.15, 0.2) is 11.5 Å². The third kappa shape index (κ3) is 5.13. The number of hydrogen-bond donors (Lipinski definition) is 1. The van der Waals surface area contributed by atoms with E-state index in [1.807, 2.05) is 31.2 Å². The van der Waals surface area contributed by atoms with E-state index in [1.54, 1.807) is 49.4 Å². The van der Waals surface area contributed by atoms with Gasteiger partial charge >= 0.3 is 5.91 Å². The van der Waals surface area contributed by atoms with Crippen LogP contribution < -0.4 is 19.1 Å². The number of rotatable bonds is 8. The van der Waals surface area contributed by atoms with Crippen molar-refractivity contribution in [1.82, 2.24) is 10.2 Å². The normalized spacial score (nSPS) is 16.3. The van der Waals surface area contributed by atoms with E-state index in [1.165, 1.54) is 30.5 Å². The SMILES string of the molecule is COc1ccc([C@@H]2C(=C(O)c3ccc(OCc4cccc(C)c4)cc3)C(=O)C(=O)N2c2nnc(C)s2)cc1OC. The number of Topliss-reactive ketones (excluding diaryl/α,β-unsaturated/α-hetero) is 1. The zero-order chi connectivity index (χ0) is 28.4. The largest absolute Gasteiger partial charge is 0.507 e. The van der Waals surface area contributed by atoms with Gasteiger partial charge in [-0.05, 0) is 61.4 Å². The lowest BCUT2D eigenvalue weighted by Gasteiger charge is -2.23. The molecule has 2 heterocycles. The lowest BCUT2D eigenvalue weighted by atomic mass is 9.95. The second-order valence-electron chi connectivity index (χ2n) is 9.19. The van der Waals surface area contributed by atoms with E-state index in [-0.39, 0.29) is 16.5 Å². The van der Waals surface area contributed by atoms with Crippen LogP contribution in [0, 0.1) is 13.8 Å². The minimum absolute atomic E-state index is 0.0708. The van der Waals surface area contributed by atoms with Crippen LogP contribution in [0.2, 0.25) is 0 Å². The van der Waals surface area contributed by atoms with E-state index in [2.05, 4.69) is 10.2 Å². The molecule has 1 aliphatic rings. The number of nitrogens with zero attached hydrogens (tertiary/aromatic N) is 3. The molecule has 0 bridgehead atoms. The molecule has 40 heavy (non-hydrogen) atoms. The number of hydrogen-bond acceptors (Lipinski definition) is 9. The number of aliphatic hydroxyl groups excluding tert-OH is 1. The van der Waals surface area contributed by atoms with Gasteiger partial charge in [-0.2, -0.15) is 0 Å². The van der Waals surface area contributed by atoms with Crippen LogP contribution in [0.3, 0.4) is 0 Å². The van der Waals surface area contributed by atoms with E-state index in [0.717, 1.165) is 11.1 Å². The Labute approximate surface area is 235 Å². The number of methoxy groups -OCH3 is 2. The average molecular weight is 558 g/mol. The predicted octanol–water partition coefficient (Wildman–Crippen LogP) is 5.38. The topological polar surface area (TPSA) is 111 Å². The second kappa shape index (κ2) is 11.2. The average Bonchev–Trinajstić information content (AvgIpc) is 3.51. The standard InChI is InChI=1S/C30H27N3O6S/c1-17-6-5-7-19(14-17)16-39-22-11-8-20(9-12-22)27(34)25-26(21-10-13-23(37-3)24(15-21)38-4)33(29(36)28(25)35)30-32-31-18(2)40-30/h5-15,26,34H,16H2,1-4H3/t26-/m1/s1. The molecule has 1 N–H and O–H groups in total. The van der Waals surface area contributed by atoms with Gasteiger partial charge in [0.05, 0.1) is 25.8 Å². The lowest BCUT2D eigenvalue weighted by molar-refractivity contribution is -0.132. The monoisotopic (exact) mass is 557 g/mol. The van der Waals surface area contributed by atoms with Crippen LogP contribution in [0.25, 0.3) is 5.76 Å². The molecule has 204 valence electrons. The third-order valence-corrected chi connectivity index (χ3v) is 7.34. The molecule has 0 radical (unpaired) electrons. The Morgan fingerprint density at radius 3 is 2.35 bits per heavy atom. The number of carbonyl (C=O) groups is 2. The molecule has 1 fully saturated rings. The summed E-state index contributed by atoms with van der Waals surface area (Å²) in [5.74, 6) is -0.461. The van der Waals surface area contributed by atoms with Gasteiger partial charge in [-0.25, -0.2) is 0 Å². The number of carbonyl (C=O) groups excluding carboxylic acids is 2. The quantitative estimate of drug-likeness (QED) is 0.175. The van der Waals surface area contributed by atoms with Gasteiger partial charge < -0.3 is 19.3 Å². The maximum Gasteiger partial charge on any atom is 0.301 e. The van der Waals surface area contributed by atoms with Crippen molar-refractivity contribution >= 4 is 33.9 Å². The molecule has 5 rings (SSSR count). The van der Waals surface area contributed by atoms with Gasteiger partial charge in [0.1, 0.15) is 23.1 Å². The molecule has 0 unspecified atom stereocenters. The van der Waals surface area contributed by atoms with Gasteiger partial charge in [-0.15, -0.1) is 10.2 Å². The molecule has 1 amide bonds. The van der Waals surface area contributed by atoms with Crippen molar-refractivity contribution in [2.75, 3.05) is 19.1 Å². The highest BCUT2D eigenvalue weighted by molar-refractivity contribution is 7.15. The Morgan fingerprint density at radius 1 is 0.950 bits per heavy atom. The number of benzene rings is 3. The van der Waals surface area contributed by atoms with Crippen molar-refractivity contribution in [3.8, 4) is 17.2 Å². The summed E-state index contributed by atoms with van der Waals surface area (Å²) < 4.78 is 16.7. The Bertz CT molecular complexity index is 1610. The summed E-state index contributed by atoms with van der Waals surface area (Å²) in [6, 6.07) is 18.8. The van der Waals surface area contributed by atoms with Crippen LogP contribution >= 0.6 is 11.3 Å². The minimum atomic E-state index is -0.968. The first-order valence-corrected chi connectivity index (χ1v) is 13.2. The molecule has 1 saturated heterocycles. The fourth-order valence-corrected chi connectivity index (χ4v) is 5.30. The number of aryl methyl sites for hydroxylation is 2. The molecule has 9 nitrogen and oxygen atoms in total. The maximum absolute atomic E-state index is 13.4. The molecule has 1 atom stereocenters. The summed E-state index contributed by atoms with van der Waals surface area (Å²) in [5, 5.41) is 20.4. The second-order valence-corrected chi connectivity index (χ2v) is 10.3. The highest BCUT2D eigenvalue weighted by Crippen LogP contribution is 2.44. The van der Waals surface area contributed by atoms with Crippen molar-refractivity contribution in [3.63, 3.8) is 0 Å². The molecule has 1 aromatic heterocycles. The van der Waals surface area contributed by atoms with Gasteiger partial charge in [0, 0.05) is 5.56 Å². The van der Waals surface area contributed by atoms with Crippen LogP contribution in [0.5, 0.6) is 17.2 Å². The van der Waals surface area contributed by atoms with Gasteiger partial charge in [-0.3, -0.25) is 14.5 Å². The Hall–Kier alpha value is -4.70. The lowest BCUT2D eigenvalue weighted by Crippen LogP contribution is -2.29. The molecular weight excluding hydrogens is 530 g/mol.